The Hall–Kier alpha value is -1.47. The molecule has 0 radical (unpaired) electrons. The first-order chi connectivity index (χ1) is 8.95. The van der Waals surface area contributed by atoms with E-state index < -0.39 is 11.5 Å². The maximum Gasteiger partial charge on any atom is 0.305 e. The molecule has 1 aromatic rings. The van der Waals surface area contributed by atoms with Crippen molar-refractivity contribution in [3.05, 3.63) is 16.6 Å². The van der Waals surface area contributed by atoms with Crippen molar-refractivity contribution in [2.24, 2.45) is 0 Å². The molecule has 0 aliphatic heterocycles. The van der Waals surface area contributed by atoms with Crippen molar-refractivity contribution in [1.29, 1.82) is 0 Å². The fourth-order valence-electron chi connectivity index (χ4n) is 1.78. The van der Waals surface area contributed by atoms with Crippen LogP contribution in [0.15, 0.2) is 11.6 Å². The molecule has 0 aliphatic carbocycles. The van der Waals surface area contributed by atoms with Crippen LogP contribution in [0.2, 0.25) is 0 Å². The fraction of sp³-hybridized carbons (Fsp3) is 0.583. The predicted octanol–water partition coefficient (Wildman–Crippen LogP) is 1.07. The molecule has 1 amide bonds. The first-order valence-electron chi connectivity index (χ1n) is 5.85. The first kappa shape index (κ1) is 15.6. The summed E-state index contributed by atoms with van der Waals surface area (Å²) in [4.78, 5) is 26.7. The number of nitrogens with zero attached hydrogens (tertiary/aromatic N) is 1. The third-order valence-electron chi connectivity index (χ3n) is 2.49. The lowest BCUT2D eigenvalue weighted by molar-refractivity contribution is -0.139. The van der Waals surface area contributed by atoms with Crippen molar-refractivity contribution < 1.29 is 19.4 Å². The van der Waals surface area contributed by atoms with Crippen LogP contribution in [0.5, 0.6) is 0 Å². The van der Waals surface area contributed by atoms with Crippen molar-refractivity contribution in [2.45, 2.75) is 31.7 Å². The third-order valence-corrected chi connectivity index (χ3v) is 3.33. The van der Waals surface area contributed by atoms with Crippen LogP contribution in [-0.4, -0.2) is 41.2 Å². The SMILES string of the molecule is COCC(C)(CC(=O)O)NC(=O)CCc1nccs1. The van der Waals surface area contributed by atoms with Gasteiger partial charge in [0.15, 0.2) is 0 Å². The van der Waals surface area contributed by atoms with E-state index in [-0.39, 0.29) is 25.4 Å². The van der Waals surface area contributed by atoms with E-state index in [0.29, 0.717) is 6.42 Å². The van der Waals surface area contributed by atoms with E-state index in [1.165, 1.54) is 18.4 Å². The molecular weight excluding hydrogens is 268 g/mol. The van der Waals surface area contributed by atoms with E-state index in [0.717, 1.165) is 5.01 Å². The Morgan fingerprint density at radius 3 is 2.84 bits per heavy atom. The van der Waals surface area contributed by atoms with Gasteiger partial charge in [-0.15, -0.1) is 11.3 Å². The van der Waals surface area contributed by atoms with E-state index in [1.807, 2.05) is 5.38 Å². The lowest BCUT2D eigenvalue weighted by Crippen LogP contribution is -2.50. The highest BCUT2D eigenvalue weighted by atomic mass is 32.1. The molecule has 2 N–H and O–H groups in total. The van der Waals surface area contributed by atoms with Crippen molar-refractivity contribution in [3.63, 3.8) is 0 Å². The van der Waals surface area contributed by atoms with Gasteiger partial charge in [0.1, 0.15) is 0 Å². The van der Waals surface area contributed by atoms with Gasteiger partial charge in [0, 0.05) is 31.5 Å². The van der Waals surface area contributed by atoms with Gasteiger partial charge in [-0.1, -0.05) is 0 Å². The summed E-state index contributed by atoms with van der Waals surface area (Å²) < 4.78 is 4.97. The smallest absolute Gasteiger partial charge is 0.305 e. The predicted molar refractivity (Wildman–Crippen MR) is 71.1 cm³/mol. The molecule has 6 nitrogen and oxygen atoms in total. The summed E-state index contributed by atoms with van der Waals surface area (Å²) in [7, 11) is 1.47. The maximum atomic E-state index is 11.8. The zero-order valence-corrected chi connectivity index (χ0v) is 11.8. The van der Waals surface area contributed by atoms with Crippen LogP contribution in [-0.2, 0) is 20.7 Å². The first-order valence-corrected chi connectivity index (χ1v) is 6.73. The van der Waals surface area contributed by atoms with Crippen molar-refractivity contribution in [2.75, 3.05) is 13.7 Å². The Bertz CT molecular complexity index is 421. The topological polar surface area (TPSA) is 88.5 Å². The third kappa shape index (κ3) is 5.80. The molecule has 0 fully saturated rings. The molecule has 1 rings (SSSR count). The molecule has 0 saturated carbocycles. The quantitative estimate of drug-likeness (QED) is 0.746. The molecule has 19 heavy (non-hydrogen) atoms. The number of ether oxygens (including phenoxy) is 1. The number of carboxylic acids is 1. The Labute approximate surface area is 115 Å². The average molecular weight is 286 g/mol. The Morgan fingerprint density at radius 1 is 1.58 bits per heavy atom. The number of hydrogen-bond donors (Lipinski definition) is 2. The highest BCUT2D eigenvalue weighted by Crippen LogP contribution is 2.12. The summed E-state index contributed by atoms with van der Waals surface area (Å²) in [5.41, 5.74) is -0.888. The van der Waals surface area contributed by atoms with Crippen LogP contribution in [0, 0.1) is 0 Å². The van der Waals surface area contributed by atoms with E-state index in [2.05, 4.69) is 10.3 Å². The summed E-state index contributed by atoms with van der Waals surface area (Å²) in [5.74, 6) is -1.17. The summed E-state index contributed by atoms with van der Waals surface area (Å²) in [6.45, 7) is 1.81. The number of rotatable bonds is 8. The zero-order chi connectivity index (χ0) is 14.3. The second-order valence-corrected chi connectivity index (χ2v) is 5.52. The highest BCUT2D eigenvalue weighted by molar-refractivity contribution is 7.09. The van der Waals surface area contributed by atoms with E-state index in [9.17, 15) is 9.59 Å². The van der Waals surface area contributed by atoms with E-state index in [4.69, 9.17) is 9.84 Å². The van der Waals surface area contributed by atoms with Crippen LogP contribution < -0.4 is 5.32 Å². The van der Waals surface area contributed by atoms with Gasteiger partial charge in [-0.2, -0.15) is 0 Å². The molecule has 106 valence electrons. The average Bonchev–Trinajstić information content (AvgIpc) is 2.77. The Kier molecular flexibility index (Phi) is 5.91. The number of hydrogen-bond acceptors (Lipinski definition) is 5. The zero-order valence-electron chi connectivity index (χ0n) is 11.0. The monoisotopic (exact) mass is 286 g/mol. The molecule has 7 heteroatoms. The van der Waals surface area contributed by atoms with Gasteiger partial charge in [0.2, 0.25) is 5.91 Å². The summed E-state index contributed by atoms with van der Waals surface area (Å²) >= 11 is 1.49. The van der Waals surface area contributed by atoms with Crippen molar-refractivity contribution >= 4 is 23.2 Å². The van der Waals surface area contributed by atoms with Gasteiger partial charge in [0.05, 0.1) is 23.6 Å². The number of amides is 1. The van der Waals surface area contributed by atoms with Gasteiger partial charge >= 0.3 is 5.97 Å². The van der Waals surface area contributed by atoms with Gasteiger partial charge in [-0.05, 0) is 6.92 Å². The van der Waals surface area contributed by atoms with Gasteiger partial charge in [-0.25, -0.2) is 4.98 Å². The van der Waals surface area contributed by atoms with Gasteiger partial charge in [-0.3, -0.25) is 9.59 Å². The number of carbonyl (C=O) groups excluding carboxylic acids is 1. The number of thiazole rings is 1. The molecular formula is C12H18N2O4S. The second kappa shape index (κ2) is 7.20. The van der Waals surface area contributed by atoms with E-state index >= 15 is 0 Å². The summed E-state index contributed by atoms with van der Waals surface area (Å²) in [6, 6.07) is 0. The minimum Gasteiger partial charge on any atom is -0.481 e. The second-order valence-electron chi connectivity index (χ2n) is 4.54. The molecule has 0 saturated heterocycles. The Balaban J connectivity index is 2.48. The van der Waals surface area contributed by atoms with Crippen LogP contribution in [0.3, 0.4) is 0 Å². The minimum absolute atomic E-state index is 0.155. The number of nitrogens with one attached hydrogen (secondary N) is 1. The molecule has 1 atom stereocenters. The number of aliphatic carboxylic acids is 1. The molecule has 0 aliphatic rings. The minimum atomic E-state index is -0.972. The summed E-state index contributed by atoms with van der Waals surface area (Å²) in [5, 5.41) is 14.3. The molecule has 1 unspecified atom stereocenters. The van der Waals surface area contributed by atoms with Crippen LogP contribution >= 0.6 is 11.3 Å². The largest absolute Gasteiger partial charge is 0.481 e. The molecule has 0 bridgehead atoms. The van der Waals surface area contributed by atoms with Crippen LogP contribution in [0.4, 0.5) is 0 Å². The standard InChI is InChI=1S/C12H18N2O4S/c1-12(8-18-2,7-11(16)17)14-9(15)3-4-10-13-5-6-19-10/h5-6H,3-4,7-8H2,1-2H3,(H,14,15)(H,16,17). The van der Waals surface area contributed by atoms with Crippen molar-refractivity contribution in [3.8, 4) is 0 Å². The van der Waals surface area contributed by atoms with Crippen molar-refractivity contribution in [1.82, 2.24) is 10.3 Å². The lowest BCUT2D eigenvalue weighted by Gasteiger charge is -2.28. The highest BCUT2D eigenvalue weighted by Gasteiger charge is 2.29. The molecule has 0 aromatic carbocycles. The number of aromatic nitrogens is 1. The van der Waals surface area contributed by atoms with Gasteiger partial charge < -0.3 is 15.2 Å². The number of aryl methyl sites for hydroxylation is 1. The molecule has 0 spiro atoms. The Morgan fingerprint density at radius 2 is 2.32 bits per heavy atom. The normalized spacial score (nSPS) is 13.8. The lowest BCUT2D eigenvalue weighted by atomic mass is 9.98. The molecule has 1 heterocycles. The maximum absolute atomic E-state index is 11.8. The van der Waals surface area contributed by atoms with Crippen LogP contribution in [0.25, 0.3) is 0 Å². The number of carboxylic acid groups (broad SMARTS) is 1. The number of carbonyl (C=O) groups is 2. The summed E-state index contributed by atoms with van der Waals surface area (Å²) in [6.07, 6.45) is 2.35. The number of methoxy groups -OCH3 is 1. The molecule has 1 aromatic heterocycles. The van der Waals surface area contributed by atoms with Crippen LogP contribution in [0.1, 0.15) is 24.8 Å². The fourth-order valence-corrected chi connectivity index (χ4v) is 2.40. The van der Waals surface area contributed by atoms with E-state index in [1.54, 1.807) is 13.1 Å². The van der Waals surface area contributed by atoms with Gasteiger partial charge in [0.25, 0.3) is 0 Å².